The topological polar surface area (TPSA) is 0 Å². The third kappa shape index (κ3) is 3.04. The van der Waals surface area contributed by atoms with E-state index in [9.17, 15) is 0 Å². The second-order valence-corrected chi connectivity index (χ2v) is 7.68. The van der Waals surface area contributed by atoms with Crippen molar-refractivity contribution >= 4 is 39.8 Å². The minimum absolute atomic E-state index is 1.26. The summed E-state index contributed by atoms with van der Waals surface area (Å²) in [6.45, 7) is 4.39. The smallest absolute Gasteiger partial charge is 0.0783 e. The van der Waals surface area contributed by atoms with Gasteiger partial charge in [-0.3, -0.25) is 0 Å². The van der Waals surface area contributed by atoms with Crippen molar-refractivity contribution < 1.29 is 0 Å². The van der Waals surface area contributed by atoms with Crippen LogP contribution in [0.5, 0.6) is 0 Å². The van der Waals surface area contributed by atoms with E-state index in [1.807, 2.05) is 0 Å². The molecule has 0 fully saturated rings. The maximum Gasteiger partial charge on any atom is 0.193 e. The molecule has 0 unspecified atom stereocenters. The number of benzene rings is 5. The van der Waals surface area contributed by atoms with E-state index < -0.39 is 0 Å². The quantitative estimate of drug-likeness (QED) is 0.273. The highest BCUT2D eigenvalue weighted by molar-refractivity contribution is 6.73. The summed E-state index contributed by atoms with van der Waals surface area (Å²) < 4.78 is 0. The first-order valence-electron chi connectivity index (χ1n) is 10.1. The van der Waals surface area contributed by atoms with Crippen LogP contribution in [0.15, 0.2) is 97.1 Å². The van der Waals surface area contributed by atoms with Gasteiger partial charge in [-0.1, -0.05) is 114 Å². The van der Waals surface area contributed by atoms with E-state index >= 15 is 0 Å². The Hall–Kier alpha value is -3.32. The fourth-order valence-corrected chi connectivity index (χ4v) is 4.32. The predicted octanol–water partition coefficient (Wildman–Crippen LogP) is 5.93. The minimum atomic E-state index is 1.26. The summed E-state index contributed by atoms with van der Waals surface area (Å²) >= 11 is 0. The Morgan fingerprint density at radius 3 is 1.69 bits per heavy atom. The van der Waals surface area contributed by atoms with Crippen LogP contribution in [0.4, 0.5) is 0 Å². The van der Waals surface area contributed by atoms with Gasteiger partial charge in [0, 0.05) is 0 Å². The van der Waals surface area contributed by atoms with Crippen LogP contribution in [0, 0.1) is 13.8 Å². The van der Waals surface area contributed by atoms with Gasteiger partial charge in [-0.2, -0.15) is 0 Å². The highest BCUT2D eigenvalue weighted by Gasteiger charge is 2.16. The zero-order valence-corrected chi connectivity index (χ0v) is 16.8. The molecule has 0 amide bonds. The Morgan fingerprint density at radius 1 is 0.517 bits per heavy atom. The van der Waals surface area contributed by atoms with E-state index in [-0.39, 0.29) is 0 Å². The van der Waals surface area contributed by atoms with Crippen LogP contribution in [0.3, 0.4) is 0 Å². The van der Waals surface area contributed by atoms with E-state index in [2.05, 4.69) is 118 Å². The molecule has 5 aromatic carbocycles. The largest absolute Gasteiger partial charge is 0.193 e. The minimum Gasteiger partial charge on any atom is -0.0783 e. The SMILES string of the molecule is Cc1cccc([B]c2c3ccccc3c(-c3ccccc3)c3ccccc23)c1C. The van der Waals surface area contributed by atoms with Gasteiger partial charge in [0.2, 0.25) is 0 Å². The van der Waals surface area contributed by atoms with Gasteiger partial charge >= 0.3 is 0 Å². The zero-order valence-electron chi connectivity index (χ0n) is 16.8. The fourth-order valence-electron chi connectivity index (χ4n) is 4.32. The molecule has 0 N–H and O–H groups in total. The lowest BCUT2D eigenvalue weighted by molar-refractivity contribution is 1.37. The van der Waals surface area contributed by atoms with Crippen LogP contribution in [0.1, 0.15) is 11.1 Å². The molecule has 0 saturated heterocycles. The summed E-state index contributed by atoms with van der Waals surface area (Å²) in [5, 5.41) is 5.19. The lowest BCUT2D eigenvalue weighted by Crippen LogP contribution is -2.31. The molecular formula is C28H22B. The molecule has 0 aromatic heterocycles. The van der Waals surface area contributed by atoms with Crippen molar-refractivity contribution in [3.8, 4) is 11.1 Å². The molecular weight excluding hydrogens is 347 g/mol. The van der Waals surface area contributed by atoms with Gasteiger partial charge < -0.3 is 0 Å². The molecule has 0 nitrogen and oxygen atoms in total. The van der Waals surface area contributed by atoms with E-state index in [0.29, 0.717) is 0 Å². The van der Waals surface area contributed by atoms with Gasteiger partial charge in [0.25, 0.3) is 0 Å². The number of hydrogen-bond acceptors (Lipinski definition) is 0. The summed E-state index contributed by atoms with van der Waals surface area (Å²) in [7, 11) is 2.36. The average molecular weight is 369 g/mol. The Labute approximate surface area is 173 Å². The summed E-state index contributed by atoms with van der Waals surface area (Å²) in [6, 6.07) is 34.9. The average Bonchev–Trinajstić information content (AvgIpc) is 2.77. The normalized spacial score (nSPS) is 11.1. The summed E-state index contributed by atoms with van der Waals surface area (Å²) in [4.78, 5) is 0. The van der Waals surface area contributed by atoms with Crippen LogP contribution in [0.2, 0.25) is 0 Å². The van der Waals surface area contributed by atoms with E-state index in [1.54, 1.807) is 0 Å². The molecule has 1 heteroatoms. The second-order valence-electron chi connectivity index (χ2n) is 7.68. The number of fused-ring (bicyclic) bond motifs is 2. The summed E-state index contributed by atoms with van der Waals surface area (Å²) in [5.74, 6) is 0. The van der Waals surface area contributed by atoms with Crippen molar-refractivity contribution in [1.82, 2.24) is 0 Å². The van der Waals surface area contributed by atoms with Gasteiger partial charge in [-0.25, -0.2) is 0 Å². The maximum absolute atomic E-state index is 2.36. The van der Waals surface area contributed by atoms with Crippen molar-refractivity contribution in [2.75, 3.05) is 0 Å². The molecule has 1 radical (unpaired) electrons. The van der Waals surface area contributed by atoms with Gasteiger partial charge in [-0.05, 0) is 52.1 Å². The van der Waals surface area contributed by atoms with Crippen LogP contribution in [-0.2, 0) is 0 Å². The molecule has 137 valence electrons. The maximum atomic E-state index is 2.36. The van der Waals surface area contributed by atoms with E-state index in [1.165, 1.54) is 54.7 Å². The number of aryl methyl sites for hydroxylation is 1. The molecule has 0 saturated carbocycles. The van der Waals surface area contributed by atoms with Crippen molar-refractivity contribution in [1.29, 1.82) is 0 Å². The first-order chi connectivity index (χ1) is 14.2. The van der Waals surface area contributed by atoms with Crippen molar-refractivity contribution in [3.63, 3.8) is 0 Å². The van der Waals surface area contributed by atoms with Gasteiger partial charge in [0.1, 0.15) is 0 Å². The molecule has 29 heavy (non-hydrogen) atoms. The first-order valence-corrected chi connectivity index (χ1v) is 10.1. The predicted molar refractivity (Wildman–Crippen MR) is 128 cm³/mol. The molecule has 0 heterocycles. The van der Waals surface area contributed by atoms with Crippen LogP contribution in [-0.4, -0.2) is 7.28 Å². The van der Waals surface area contributed by atoms with Crippen LogP contribution in [0.25, 0.3) is 32.7 Å². The van der Waals surface area contributed by atoms with Gasteiger partial charge in [0.15, 0.2) is 7.28 Å². The molecule has 0 spiro atoms. The fraction of sp³-hybridized carbons (Fsp3) is 0.0714. The van der Waals surface area contributed by atoms with Crippen LogP contribution >= 0.6 is 0 Å². The highest BCUT2D eigenvalue weighted by atomic mass is 14.1. The zero-order chi connectivity index (χ0) is 19.8. The Bertz CT molecular complexity index is 1280. The van der Waals surface area contributed by atoms with Gasteiger partial charge in [0.05, 0.1) is 0 Å². The lowest BCUT2D eigenvalue weighted by Gasteiger charge is -2.18. The Balaban J connectivity index is 1.87. The third-order valence-electron chi connectivity index (χ3n) is 5.98. The first kappa shape index (κ1) is 17.8. The monoisotopic (exact) mass is 369 g/mol. The van der Waals surface area contributed by atoms with E-state index in [4.69, 9.17) is 0 Å². The molecule has 0 aliphatic heterocycles. The summed E-state index contributed by atoms with van der Waals surface area (Å²) in [5.41, 5.74) is 7.83. The Kier molecular flexibility index (Phi) is 4.44. The molecule has 0 bridgehead atoms. The third-order valence-corrected chi connectivity index (χ3v) is 5.98. The molecule has 0 atom stereocenters. The Morgan fingerprint density at radius 2 is 1.07 bits per heavy atom. The highest BCUT2D eigenvalue weighted by Crippen LogP contribution is 2.35. The van der Waals surface area contributed by atoms with Crippen molar-refractivity contribution in [2.24, 2.45) is 0 Å². The lowest BCUT2D eigenvalue weighted by atomic mass is 9.59. The molecule has 5 rings (SSSR count). The van der Waals surface area contributed by atoms with Gasteiger partial charge in [-0.15, -0.1) is 0 Å². The molecule has 0 aliphatic carbocycles. The van der Waals surface area contributed by atoms with E-state index in [0.717, 1.165) is 0 Å². The van der Waals surface area contributed by atoms with Crippen molar-refractivity contribution in [2.45, 2.75) is 13.8 Å². The number of hydrogen-bond donors (Lipinski definition) is 0. The molecule has 5 aromatic rings. The van der Waals surface area contributed by atoms with Crippen molar-refractivity contribution in [3.05, 3.63) is 108 Å². The molecule has 0 aliphatic rings. The number of rotatable bonds is 3. The second kappa shape index (κ2) is 7.26. The standard InChI is InChI=1S/C28H22B/c1-19-11-10-18-26(20(19)2)29-28-24-16-8-6-14-22(24)27(21-12-4-3-5-13-21)23-15-7-9-17-25(23)28/h3-18H,1-2H3. The summed E-state index contributed by atoms with van der Waals surface area (Å²) in [6.07, 6.45) is 0. The van der Waals surface area contributed by atoms with Crippen LogP contribution < -0.4 is 10.9 Å².